The Bertz CT molecular complexity index is 402. The van der Waals surface area contributed by atoms with Crippen LogP contribution in [0.3, 0.4) is 0 Å². The molecule has 6 nitrogen and oxygen atoms in total. The molecule has 0 spiro atoms. The van der Waals surface area contributed by atoms with Crippen LogP contribution in [0.5, 0.6) is 0 Å². The van der Waals surface area contributed by atoms with E-state index in [1.807, 2.05) is 6.08 Å². The molecule has 7 heteroatoms. The van der Waals surface area contributed by atoms with Crippen LogP contribution in [0.15, 0.2) is 27.9 Å². The fraction of sp³-hybridized carbons (Fsp3) is 0.444. The van der Waals surface area contributed by atoms with Gasteiger partial charge >= 0.3 is 0 Å². The molecule has 2 aliphatic rings. The summed E-state index contributed by atoms with van der Waals surface area (Å²) in [4.78, 5) is 6.48. The molecule has 0 saturated carbocycles. The highest BCUT2D eigenvalue weighted by atomic mass is 32.2. The maximum absolute atomic E-state index is 11.1. The van der Waals surface area contributed by atoms with Crippen LogP contribution in [0.1, 0.15) is 0 Å². The van der Waals surface area contributed by atoms with Crippen molar-refractivity contribution in [1.29, 1.82) is 0 Å². The first-order chi connectivity index (χ1) is 7.70. The smallest absolute Gasteiger partial charge is 0.260 e. The van der Waals surface area contributed by atoms with Crippen LogP contribution in [0, 0.1) is 0 Å². The second-order valence-electron chi connectivity index (χ2n) is 3.31. The molecular formula is C9H11N2O4S-. The van der Waals surface area contributed by atoms with Gasteiger partial charge in [-0.05, 0) is 22.3 Å². The van der Waals surface area contributed by atoms with Gasteiger partial charge in [0.1, 0.15) is 11.6 Å². The summed E-state index contributed by atoms with van der Waals surface area (Å²) in [7, 11) is 1.69. The second-order valence-corrected chi connectivity index (χ2v) is 4.17. The van der Waals surface area contributed by atoms with E-state index in [0.717, 1.165) is 0 Å². The van der Waals surface area contributed by atoms with E-state index < -0.39 is 11.1 Å². The predicted molar refractivity (Wildman–Crippen MR) is 57.1 cm³/mol. The number of hydrogen-bond acceptors (Lipinski definition) is 6. The van der Waals surface area contributed by atoms with E-state index in [9.17, 15) is 8.76 Å². The van der Waals surface area contributed by atoms with Gasteiger partial charge in [-0.15, -0.1) is 0 Å². The largest absolute Gasteiger partial charge is 0.767 e. The lowest BCUT2D eigenvalue weighted by Crippen LogP contribution is -2.29. The summed E-state index contributed by atoms with van der Waals surface area (Å²) in [6.45, 7) is 1.30. The van der Waals surface area contributed by atoms with Gasteiger partial charge in [-0.3, -0.25) is 4.21 Å². The van der Waals surface area contributed by atoms with Crippen molar-refractivity contribution in [2.75, 3.05) is 26.8 Å². The van der Waals surface area contributed by atoms with Crippen molar-refractivity contribution < 1.29 is 18.3 Å². The minimum Gasteiger partial charge on any atom is -0.767 e. The zero-order valence-electron chi connectivity index (χ0n) is 8.71. The lowest BCUT2D eigenvalue weighted by Gasteiger charge is -2.28. The van der Waals surface area contributed by atoms with Crippen LogP contribution in [0.25, 0.3) is 0 Å². The molecule has 0 fully saturated rings. The van der Waals surface area contributed by atoms with Crippen molar-refractivity contribution in [1.82, 2.24) is 4.90 Å². The molecule has 0 aromatic rings. The molecule has 0 radical (unpaired) electrons. The maximum Gasteiger partial charge on any atom is 0.260 e. The summed E-state index contributed by atoms with van der Waals surface area (Å²) in [5, 5.41) is 3.88. The quantitative estimate of drug-likeness (QED) is 0.635. The van der Waals surface area contributed by atoms with Gasteiger partial charge in [-0.25, -0.2) is 0 Å². The number of hydrogen-bond donors (Lipinski definition) is 0. The van der Waals surface area contributed by atoms with Gasteiger partial charge in [0.2, 0.25) is 0 Å². The topological polar surface area (TPSA) is 74.2 Å². The third-order valence-electron chi connectivity index (χ3n) is 2.19. The maximum atomic E-state index is 11.1. The molecule has 2 rings (SSSR count). The van der Waals surface area contributed by atoms with Crippen molar-refractivity contribution >= 4 is 17.0 Å². The van der Waals surface area contributed by atoms with E-state index >= 15 is 0 Å². The molecule has 2 heterocycles. The number of likely N-dealkylation sites (N-methyl/N-ethyl adjacent to an activating group) is 1. The van der Waals surface area contributed by atoms with Crippen LogP contribution in [0.4, 0.5) is 0 Å². The molecule has 0 aromatic carbocycles. The zero-order chi connectivity index (χ0) is 11.5. The third-order valence-corrected chi connectivity index (χ3v) is 3.04. The van der Waals surface area contributed by atoms with Gasteiger partial charge in [0.25, 0.3) is 5.90 Å². The summed E-state index contributed by atoms with van der Waals surface area (Å²) in [6.07, 6.45) is 3.52. The van der Waals surface area contributed by atoms with E-state index in [1.54, 1.807) is 18.0 Å². The van der Waals surface area contributed by atoms with Gasteiger partial charge in [-0.1, -0.05) is 6.08 Å². The number of oxime groups is 1. The molecule has 0 N–H and O–H groups in total. The van der Waals surface area contributed by atoms with Gasteiger partial charge in [-0.2, -0.15) is 0 Å². The third kappa shape index (κ3) is 2.10. The Labute approximate surface area is 95.5 Å². The standard InChI is InChI=1S/C9H12N2O4S/c1-11-4-2-3-7(9(11)16(12)13)8-10-15-6-5-14-8/h2-3H,4-6H2,1H3,(H,12,13)/p-1. The lowest BCUT2D eigenvalue weighted by molar-refractivity contribution is 0.0653. The van der Waals surface area contributed by atoms with Crippen molar-refractivity contribution in [2.45, 2.75) is 0 Å². The first-order valence-corrected chi connectivity index (χ1v) is 5.82. The summed E-state index contributed by atoms with van der Waals surface area (Å²) in [6, 6.07) is 0. The Morgan fingerprint density at radius 1 is 1.56 bits per heavy atom. The normalized spacial score (nSPS) is 22.4. The average molecular weight is 243 g/mol. The molecular weight excluding hydrogens is 232 g/mol. The predicted octanol–water partition coefficient (Wildman–Crippen LogP) is -0.0610. The highest BCUT2D eigenvalue weighted by molar-refractivity contribution is 7.83. The van der Waals surface area contributed by atoms with Crippen molar-refractivity contribution in [2.24, 2.45) is 5.16 Å². The first kappa shape index (κ1) is 11.2. The summed E-state index contributed by atoms with van der Waals surface area (Å²) < 4.78 is 27.5. The lowest BCUT2D eigenvalue weighted by atomic mass is 10.2. The molecule has 88 valence electrons. The average Bonchev–Trinajstić information content (AvgIpc) is 2.29. The SMILES string of the molecule is CN1CC=CC(C2=NOCCO2)=C1S(=O)[O-]. The molecule has 0 amide bonds. The van der Waals surface area contributed by atoms with Gasteiger partial charge in [0.15, 0.2) is 6.61 Å². The van der Waals surface area contributed by atoms with Gasteiger partial charge < -0.3 is 19.0 Å². The Balaban J connectivity index is 2.41. The number of ether oxygens (including phenoxy) is 1. The summed E-state index contributed by atoms with van der Waals surface area (Å²) >= 11 is -2.33. The van der Waals surface area contributed by atoms with Crippen molar-refractivity contribution in [3.05, 3.63) is 22.8 Å². The van der Waals surface area contributed by atoms with E-state index in [0.29, 0.717) is 25.3 Å². The molecule has 0 saturated heterocycles. The summed E-state index contributed by atoms with van der Waals surface area (Å²) in [5.74, 6) is 0.216. The molecule has 1 atom stereocenters. The van der Waals surface area contributed by atoms with Crippen LogP contribution in [-0.2, 0) is 20.7 Å². The molecule has 0 bridgehead atoms. The number of nitrogens with zero attached hydrogens (tertiary/aromatic N) is 2. The highest BCUT2D eigenvalue weighted by Gasteiger charge is 2.21. The van der Waals surface area contributed by atoms with Crippen LogP contribution in [-0.4, -0.2) is 46.4 Å². The molecule has 1 unspecified atom stereocenters. The molecule has 0 aliphatic carbocycles. The van der Waals surface area contributed by atoms with Crippen LogP contribution >= 0.6 is 0 Å². The monoisotopic (exact) mass is 243 g/mol. The van der Waals surface area contributed by atoms with Gasteiger partial charge in [0, 0.05) is 13.6 Å². The minimum atomic E-state index is -2.33. The molecule has 0 aromatic heterocycles. The van der Waals surface area contributed by atoms with Crippen molar-refractivity contribution in [3.63, 3.8) is 0 Å². The van der Waals surface area contributed by atoms with Gasteiger partial charge in [0.05, 0.1) is 5.57 Å². The van der Waals surface area contributed by atoms with E-state index in [4.69, 9.17) is 9.57 Å². The van der Waals surface area contributed by atoms with E-state index in [-0.39, 0.29) is 10.9 Å². The fourth-order valence-corrected chi connectivity index (χ4v) is 2.17. The Kier molecular flexibility index (Phi) is 3.25. The highest BCUT2D eigenvalue weighted by Crippen LogP contribution is 2.20. The fourth-order valence-electron chi connectivity index (χ4n) is 1.50. The Morgan fingerprint density at radius 2 is 2.38 bits per heavy atom. The van der Waals surface area contributed by atoms with Crippen LogP contribution in [0.2, 0.25) is 0 Å². The number of rotatable bonds is 2. The second kappa shape index (κ2) is 4.67. The molecule has 16 heavy (non-hydrogen) atoms. The Hall–Kier alpha value is -1.34. The van der Waals surface area contributed by atoms with Crippen LogP contribution < -0.4 is 0 Å². The van der Waals surface area contributed by atoms with Crippen molar-refractivity contribution in [3.8, 4) is 0 Å². The van der Waals surface area contributed by atoms with E-state index in [2.05, 4.69) is 5.16 Å². The first-order valence-electron chi connectivity index (χ1n) is 4.74. The summed E-state index contributed by atoms with van der Waals surface area (Å²) in [5.41, 5.74) is 0.432. The minimum absolute atomic E-state index is 0.173. The molecule has 2 aliphatic heterocycles. The zero-order valence-corrected chi connectivity index (χ0v) is 9.53. The Morgan fingerprint density at radius 3 is 3.00 bits per heavy atom. The van der Waals surface area contributed by atoms with E-state index in [1.165, 1.54) is 0 Å².